The molecular weight excluding hydrogens is 202 g/mol. The average Bonchev–Trinajstić information content (AvgIpc) is 2.24. The van der Waals surface area contributed by atoms with Crippen molar-refractivity contribution in [2.24, 2.45) is 0 Å². The van der Waals surface area contributed by atoms with Gasteiger partial charge in [-0.25, -0.2) is 0 Å². The number of benzene rings is 1. The smallest absolute Gasteiger partial charge is 0.222 e. The Labute approximate surface area is 97.0 Å². The number of hydrogen-bond acceptors (Lipinski definition) is 2. The molecule has 3 heteroatoms. The van der Waals surface area contributed by atoms with Crippen LogP contribution in [-0.2, 0) is 4.79 Å². The van der Waals surface area contributed by atoms with Crippen molar-refractivity contribution in [1.29, 1.82) is 0 Å². The molecule has 1 rings (SSSR count). The van der Waals surface area contributed by atoms with E-state index in [-0.39, 0.29) is 5.91 Å². The van der Waals surface area contributed by atoms with E-state index in [1.165, 1.54) is 0 Å². The van der Waals surface area contributed by atoms with E-state index in [9.17, 15) is 4.79 Å². The van der Waals surface area contributed by atoms with E-state index in [1.54, 1.807) is 19.0 Å². The van der Waals surface area contributed by atoms with Crippen LogP contribution in [0.1, 0.15) is 18.4 Å². The van der Waals surface area contributed by atoms with Crippen LogP contribution in [0.25, 0.3) is 0 Å². The molecular formula is C13H18NO2. The number of aryl methyl sites for hydroxylation is 1. The third-order valence-corrected chi connectivity index (χ3v) is 2.22. The first-order valence-electron chi connectivity index (χ1n) is 5.41. The second kappa shape index (κ2) is 6.16. The zero-order valence-electron chi connectivity index (χ0n) is 10.1. The van der Waals surface area contributed by atoms with E-state index in [4.69, 9.17) is 4.74 Å². The number of carbonyl (C=O) groups is 1. The molecule has 0 aliphatic heterocycles. The second-order valence-corrected chi connectivity index (χ2v) is 3.95. The highest BCUT2D eigenvalue weighted by Crippen LogP contribution is 2.12. The molecule has 0 fully saturated rings. The molecule has 0 aliphatic carbocycles. The van der Waals surface area contributed by atoms with Gasteiger partial charge in [0, 0.05) is 20.5 Å². The van der Waals surface area contributed by atoms with Gasteiger partial charge in [-0.1, -0.05) is 6.07 Å². The van der Waals surface area contributed by atoms with E-state index < -0.39 is 0 Å². The molecule has 1 aromatic carbocycles. The number of carbonyl (C=O) groups excluding carboxylic acids is 1. The number of nitrogens with zero attached hydrogens (tertiary/aromatic N) is 1. The zero-order valence-corrected chi connectivity index (χ0v) is 10.1. The Balaban J connectivity index is 2.23. The van der Waals surface area contributed by atoms with Crippen LogP contribution < -0.4 is 4.74 Å². The van der Waals surface area contributed by atoms with E-state index in [0.717, 1.165) is 17.7 Å². The minimum Gasteiger partial charge on any atom is -0.494 e. The minimum atomic E-state index is 0.140. The van der Waals surface area contributed by atoms with Gasteiger partial charge < -0.3 is 9.64 Å². The lowest BCUT2D eigenvalue weighted by atomic mass is 10.2. The van der Waals surface area contributed by atoms with Gasteiger partial charge in [-0.2, -0.15) is 0 Å². The van der Waals surface area contributed by atoms with Crippen molar-refractivity contribution in [3.63, 3.8) is 0 Å². The summed E-state index contributed by atoms with van der Waals surface area (Å²) in [7, 11) is 3.53. The summed E-state index contributed by atoms with van der Waals surface area (Å²) in [5, 5.41) is 0. The zero-order chi connectivity index (χ0) is 12.0. The first kappa shape index (κ1) is 12.6. The summed E-state index contributed by atoms with van der Waals surface area (Å²) in [6, 6.07) is 8.71. The predicted molar refractivity (Wildman–Crippen MR) is 63.4 cm³/mol. The van der Waals surface area contributed by atoms with Crippen LogP contribution in [-0.4, -0.2) is 31.5 Å². The molecule has 3 nitrogen and oxygen atoms in total. The predicted octanol–water partition coefficient (Wildman–Crippen LogP) is 2.04. The molecule has 0 aromatic heterocycles. The summed E-state index contributed by atoms with van der Waals surface area (Å²) in [5.74, 6) is 0.981. The summed E-state index contributed by atoms with van der Waals surface area (Å²) in [4.78, 5) is 12.9. The molecule has 87 valence electrons. The van der Waals surface area contributed by atoms with Gasteiger partial charge in [0.05, 0.1) is 6.61 Å². The molecule has 0 spiro atoms. The fraction of sp³-hybridized carbons (Fsp3) is 0.462. The van der Waals surface area contributed by atoms with Gasteiger partial charge in [0.2, 0.25) is 5.91 Å². The maximum atomic E-state index is 11.3. The van der Waals surface area contributed by atoms with E-state index in [1.807, 2.05) is 25.1 Å². The average molecular weight is 220 g/mol. The normalized spacial score (nSPS) is 9.94. The Hall–Kier alpha value is -1.51. The van der Waals surface area contributed by atoms with Crippen LogP contribution in [0.15, 0.2) is 18.2 Å². The molecule has 0 atom stereocenters. The molecule has 0 saturated heterocycles. The van der Waals surface area contributed by atoms with Gasteiger partial charge in [0.15, 0.2) is 0 Å². The Kier molecular flexibility index (Phi) is 4.83. The van der Waals surface area contributed by atoms with Gasteiger partial charge in [-0.05, 0) is 37.1 Å². The van der Waals surface area contributed by atoms with Crippen LogP contribution >= 0.6 is 0 Å². The summed E-state index contributed by atoms with van der Waals surface area (Å²) in [5.41, 5.74) is 1.06. The second-order valence-electron chi connectivity index (χ2n) is 3.95. The van der Waals surface area contributed by atoms with Crippen molar-refractivity contribution in [1.82, 2.24) is 4.90 Å². The highest BCUT2D eigenvalue weighted by Gasteiger charge is 2.03. The maximum absolute atomic E-state index is 11.3. The Bertz CT molecular complexity index is 348. The van der Waals surface area contributed by atoms with Crippen LogP contribution in [0.5, 0.6) is 5.75 Å². The number of ether oxygens (including phenoxy) is 1. The van der Waals surface area contributed by atoms with Gasteiger partial charge in [0.1, 0.15) is 5.75 Å². The van der Waals surface area contributed by atoms with Crippen molar-refractivity contribution in [2.75, 3.05) is 20.7 Å². The third kappa shape index (κ3) is 4.34. The summed E-state index contributed by atoms with van der Waals surface area (Å²) < 4.78 is 5.53. The van der Waals surface area contributed by atoms with Crippen molar-refractivity contribution in [2.45, 2.75) is 19.8 Å². The van der Waals surface area contributed by atoms with Crippen LogP contribution in [0.3, 0.4) is 0 Å². The van der Waals surface area contributed by atoms with Gasteiger partial charge in [-0.15, -0.1) is 0 Å². The van der Waals surface area contributed by atoms with Crippen LogP contribution in [0.2, 0.25) is 0 Å². The first-order valence-corrected chi connectivity index (χ1v) is 5.41. The molecule has 1 radical (unpaired) electrons. The monoisotopic (exact) mass is 220 g/mol. The molecule has 1 aromatic rings. The summed E-state index contributed by atoms with van der Waals surface area (Å²) >= 11 is 0. The molecule has 16 heavy (non-hydrogen) atoms. The lowest BCUT2D eigenvalue weighted by Gasteiger charge is -2.10. The van der Waals surface area contributed by atoms with Crippen molar-refractivity contribution in [3.05, 3.63) is 29.8 Å². The summed E-state index contributed by atoms with van der Waals surface area (Å²) in [6.07, 6.45) is 1.28. The summed E-state index contributed by atoms with van der Waals surface area (Å²) in [6.45, 7) is 2.55. The highest BCUT2D eigenvalue weighted by atomic mass is 16.5. The van der Waals surface area contributed by atoms with Gasteiger partial charge >= 0.3 is 0 Å². The SMILES string of the molecule is Cc1[c]ccc(OCCCC(=O)N(C)C)c1. The molecule has 0 bridgehead atoms. The van der Waals surface area contributed by atoms with Crippen molar-refractivity contribution >= 4 is 5.91 Å². The fourth-order valence-electron chi connectivity index (χ4n) is 1.29. The van der Waals surface area contributed by atoms with Crippen molar-refractivity contribution in [3.8, 4) is 5.75 Å². The van der Waals surface area contributed by atoms with E-state index >= 15 is 0 Å². The molecule has 0 unspecified atom stereocenters. The third-order valence-electron chi connectivity index (χ3n) is 2.22. The van der Waals surface area contributed by atoms with Crippen molar-refractivity contribution < 1.29 is 9.53 Å². The Morgan fingerprint density at radius 2 is 2.25 bits per heavy atom. The highest BCUT2D eigenvalue weighted by molar-refractivity contribution is 5.75. The quantitative estimate of drug-likeness (QED) is 0.711. The minimum absolute atomic E-state index is 0.140. The number of hydrogen-bond donors (Lipinski definition) is 0. The maximum Gasteiger partial charge on any atom is 0.222 e. The molecule has 0 N–H and O–H groups in total. The topological polar surface area (TPSA) is 29.5 Å². The lowest BCUT2D eigenvalue weighted by Crippen LogP contribution is -2.21. The fourth-order valence-corrected chi connectivity index (χ4v) is 1.29. The molecule has 0 heterocycles. The van der Waals surface area contributed by atoms with E-state index in [2.05, 4.69) is 6.07 Å². The van der Waals surface area contributed by atoms with Gasteiger partial charge in [0.25, 0.3) is 0 Å². The molecule has 0 aliphatic rings. The lowest BCUT2D eigenvalue weighted by molar-refractivity contribution is -0.128. The molecule has 0 saturated carbocycles. The van der Waals surface area contributed by atoms with Crippen LogP contribution in [0.4, 0.5) is 0 Å². The number of amides is 1. The van der Waals surface area contributed by atoms with Gasteiger partial charge in [-0.3, -0.25) is 4.79 Å². The Morgan fingerprint density at radius 3 is 2.88 bits per heavy atom. The number of rotatable bonds is 5. The van der Waals surface area contributed by atoms with E-state index in [0.29, 0.717) is 13.0 Å². The molecule has 1 amide bonds. The first-order chi connectivity index (χ1) is 7.59. The standard InChI is InChI=1S/C13H18NO2/c1-11-6-4-7-12(10-11)16-9-5-8-13(15)14(2)3/h4,7,10H,5,8-9H2,1-3H3. The van der Waals surface area contributed by atoms with Crippen LogP contribution in [0, 0.1) is 13.0 Å². The largest absolute Gasteiger partial charge is 0.494 e. The Morgan fingerprint density at radius 1 is 1.50 bits per heavy atom.